The molecule has 1 N–H and O–H groups in total. The van der Waals surface area contributed by atoms with E-state index >= 15 is 0 Å². The van der Waals surface area contributed by atoms with Gasteiger partial charge in [-0.2, -0.15) is 5.10 Å². The molecule has 1 fully saturated rings. The van der Waals surface area contributed by atoms with Crippen LogP contribution in [0.4, 0.5) is 5.69 Å². The summed E-state index contributed by atoms with van der Waals surface area (Å²) in [6, 6.07) is 8.13. The average molecular weight is 317 g/mol. The molecule has 1 saturated heterocycles. The van der Waals surface area contributed by atoms with Crippen LogP contribution in [0.3, 0.4) is 0 Å². The number of hydrogen-bond donors (Lipinski definition) is 1. The molecule has 114 valence electrons. The number of para-hydroxylation sites is 1. The van der Waals surface area contributed by atoms with Gasteiger partial charge in [-0.25, -0.2) is 0 Å². The molecule has 0 radical (unpaired) electrons. The largest absolute Gasteiger partial charge is 0.315 e. The number of benzene rings is 1. The van der Waals surface area contributed by atoms with Crippen LogP contribution < -0.4 is 10.2 Å². The van der Waals surface area contributed by atoms with Gasteiger partial charge in [0.1, 0.15) is 0 Å². The smallest absolute Gasteiger partial charge is 0.239 e. The molecule has 4 rings (SSSR count). The number of fused-ring (bicyclic) bond motifs is 2. The molecule has 5 nitrogen and oxygen atoms in total. The first-order chi connectivity index (χ1) is 10.7. The summed E-state index contributed by atoms with van der Waals surface area (Å²) in [6.45, 7) is 2.86. The fraction of sp³-hybridized carbons (Fsp3) is 0.375. The van der Waals surface area contributed by atoms with Crippen molar-refractivity contribution in [1.29, 1.82) is 0 Å². The zero-order chi connectivity index (χ0) is 15.2. The van der Waals surface area contributed by atoms with Crippen molar-refractivity contribution < 1.29 is 4.79 Å². The molecule has 1 spiro atoms. The molecule has 2 aromatic rings. The quantitative estimate of drug-likeness (QED) is 0.939. The van der Waals surface area contributed by atoms with Crippen LogP contribution in [0.2, 0.25) is 5.02 Å². The minimum Gasteiger partial charge on any atom is -0.315 e. The molecule has 0 bridgehead atoms. The van der Waals surface area contributed by atoms with E-state index in [4.69, 9.17) is 11.6 Å². The molecule has 2 aliphatic heterocycles. The van der Waals surface area contributed by atoms with Gasteiger partial charge in [0.05, 0.1) is 23.2 Å². The van der Waals surface area contributed by atoms with E-state index in [1.54, 1.807) is 17.1 Å². The minimum atomic E-state index is -0.377. The fourth-order valence-electron chi connectivity index (χ4n) is 3.59. The lowest BCUT2D eigenvalue weighted by molar-refractivity contribution is -0.122. The van der Waals surface area contributed by atoms with Crippen LogP contribution in [0.15, 0.2) is 36.7 Å². The first kappa shape index (κ1) is 13.8. The predicted octanol–water partition coefficient (Wildman–Crippen LogP) is 1.81. The van der Waals surface area contributed by atoms with Crippen LogP contribution in [0.1, 0.15) is 12.0 Å². The Balaban J connectivity index is 1.64. The van der Waals surface area contributed by atoms with Gasteiger partial charge in [-0.3, -0.25) is 9.48 Å². The van der Waals surface area contributed by atoms with E-state index in [9.17, 15) is 4.79 Å². The predicted molar refractivity (Wildman–Crippen MR) is 85.2 cm³/mol. The summed E-state index contributed by atoms with van der Waals surface area (Å²) in [7, 11) is 0. The second-order valence-corrected chi connectivity index (χ2v) is 6.34. The highest BCUT2D eigenvalue weighted by Gasteiger charge is 2.51. The standard InChI is InChI=1S/C16H17ClN4O/c17-12-9-19-20(10-12)7-8-21-14-4-2-1-3-13(14)16(15(21)22)5-6-18-11-16/h1-4,9-10,18H,5-8,11H2. The van der Waals surface area contributed by atoms with Gasteiger partial charge in [-0.05, 0) is 24.6 Å². The third-order valence-corrected chi connectivity index (χ3v) is 4.87. The molecule has 1 amide bonds. The molecule has 1 aromatic heterocycles. The van der Waals surface area contributed by atoms with Crippen molar-refractivity contribution in [2.24, 2.45) is 0 Å². The lowest BCUT2D eigenvalue weighted by Gasteiger charge is -2.22. The molecule has 1 atom stereocenters. The number of halogens is 1. The molecule has 0 saturated carbocycles. The number of hydrogen-bond acceptors (Lipinski definition) is 3. The second kappa shape index (κ2) is 5.11. The summed E-state index contributed by atoms with van der Waals surface area (Å²) in [5, 5.41) is 8.14. The fourth-order valence-corrected chi connectivity index (χ4v) is 3.74. The van der Waals surface area contributed by atoms with Gasteiger partial charge >= 0.3 is 0 Å². The highest BCUT2D eigenvalue weighted by atomic mass is 35.5. The lowest BCUT2D eigenvalue weighted by Crippen LogP contribution is -2.43. The maximum Gasteiger partial charge on any atom is 0.239 e. The SMILES string of the molecule is O=C1N(CCn2cc(Cl)cn2)c2ccccc2C12CCNC2. The normalized spacial score (nSPS) is 23.5. The van der Waals surface area contributed by atoms with Crippen molar-refractivity contribution in [1.82, 2.24) is 15.1 Å². The molecule has 0 aliphatic carbocycles. The van der Waals surface area contributed by atoms with E-state index in [0.717, 1.165) is 30.8 Å². The Kier molecular flexibility index (Phi) is 3.20. The van der Waals surface area contributed by atoms with Gasteiger partial charge in [-0.1, -0.05) is 29.8 Å². The Bertz CT molecular complexity index is 720. The Morgan fingerprint density at radius 3 is 2.91 bits per heavy atom. The van der Waals surface area contributed by atoms with Gasteiger partial charge in [-0.15, -0.1) is 0 Å². The summed E-state index contributed by atoms with van der Waals surface area (Å²) in [6.07, 6.45) is 4.26. The minimum absolute atomic E-state index is 0.206. The summed E-state index contributed by atoms with van der Waals surface area (Å²) < 4.78 is 1.77. The van der Waals surface area contributed by atoms with Crippen molar-refractivity contribution >= 4 is 23.2 Å². The summed E-state index contributed by atoms with van der Waals surface area (Å²) in [5.74, 6) is 0.206. The van der Waals surface area contributed by atoms with Gasteiger partial charge in [0.15, 0.2) is 0 Å². The number of nitrogens with zero attached hydrogens (tertiary/aromatic N) is 3. The highest BCUT2D eigenvalue weighted by Crippen LogP contribution is 2.45. The van der Waals surface area contributed by atoms with Crippen LogP contribution in [-0.2, 0) is 16.8 Å². The Morgan fingerprint density at radius 1 is 1.32 bits per heavy atom. The third-order valence-electron chi connectivity index (χ3n) is 4.67. The Labute approximate surface area is 133 Å². The van der Waals surface area contributed by atoms with Crippen LogP contribution in [0.5, 0.6) is 0 Å². The van der Waals surface area contributed by atoms with Crippen molar-refractivity contribution in [2.45, 2.75) is 18.4 Å². The lowest BCUT2D eigenvalue weighted by atomic mass is 9.81. The summed E-state index contributed by atoms with van der Waals surface area (Å²) >= 11 is 5.89. The molecule has 22 heavy (non-hydrogen) atoms. The van der Waals surface area contributed by atoms with Crippen LogP contribution in [0.25, 0.3) is 0 Å². The number of carbonyl (C=O) groups is 1. The maximum absolute atomic E-state index is 13.0. The van der Waals surface area contributed by atoms with Gasteiger partial charge in [0.2, 0.25) is 5.91 Å². The number of amides is 1. The van der Waals surface area contributed by atoms with Crippen LogP contribution in [0, 0.1) is 0 Å². The van der Waals surface area contributed by atoms with Crippen molar-refractivity contribution in [3.8, 4) is 0 Å². The molecular weight excluding hydrogens is 300 g/mol. The monoisotopic (exact) mass is 316 g/mol. The molecule has 3 heterocycles. The van der Waals surface area contributed by atoms with Gasteiger partial charge in [0.25, 0.3) is 0 Å². The van der Waals surface area contributed by atoms with Crippen LogP contribution in [-0.4, -0.2) is 35.3 Å². The average Bonchev–Trinajstić information content (AvgIpc) is 3.22. The number of anilines is 1. The zero-order valence-electron chi connectivity index (χ0n) is 12.1. The Hall–Kier alpha value is -1.85. The topological polar surface area (TPSA) is 50.2 Å². The molecular formula is C16H17ClN4O. The van der Waals surface area contributed by atoms with E-state index in [0.29, 0.717) is 18.1 Å². The molecule has 2 aliphatic rings. The third kappa shape index (κ3) is 1.96. The Morgan fingerprint density at radius 2 is 2.18 bits per heavy atom. The first-order valence-corrected chi connectivity index (χ1v) is 7.89. The number of aromatic nitrogens is 2. The van der Waals surface area contributed by atoms with Crippen molar-refractivity contribution in [3.05, 3.63) is 47.2 Å². The van der Waals surface area contributed by atoms with E-state index in [2.05, 4.69) is 16.5 Å². The van der Waals surface area contributed by atoms with Gasteiger partial charge < -0.3 is 10.2 Å². The van der Waals surface area contributed by atoms with E-state index in [1.165, 1.54) is 0 Å². The molecule has 6 heteroatoms. The second-order valence-electron chi connectivity index (χ2n) is 5.90. The summed E-state index contributed by atoms with van der Waals surface area (Å²) in [4.78, 5) is 14.9. The van der Waals surface area contributed by atoms with Crippen molar-refractivity contribution in [2.75, 3.05) is 24.5 Å². The maximum atomic E-state index is 13.0. The first-order valence-electron chi connectivity index (χ1n) is 7.51. The van der Waals surface area contributed by atoms with E-state index in [1.807, 2.05) is 23.1 Å². The zero-order valence-corrected chi connectivity index (χ0v) is 12.9. The van der Waals surface area contributed by atoms with E-state index in [-0.39, 0.29) is 11.3 Å². The molecule has 1 aromatic carbocycles. The number of carbonyl (C=O) groups excluding carboxylic acids is 1. The number of nitrogens with one attached hydrogen (secondary N) is 1. The van der Waals surface area contributed by atoms with E-state index < -0.39 is 0 Å². The summed E-state index contributed by atoms with van der Waals surface area (Å²) in [5.41, 5.74) is 1.82. The highest BCUT2D eigenvalue weighted by molar-refractivity contribution is 6.30. The molecule has 1 unspecified atom stereocenters. The van der Waals surface area contributed by atoms with Crippen molar-refractivity contribution in [3.63, 3.8) is 0 Å². The number of rotatable bonds is 3. The van der Waals surface area contributed by atoms with Crippen LogP contribution >= 0.6 is 11.6 Å². The van der Waals surface area contributed by atoms with Gasteiger partial charge in [0, 0.05) is 25.0 Å².